The van der Waals surface area contributed by atoms with Gasteiger partial charge in [-0.3, -0.25) is 4.79 Å². The molecule has 1 N–H and O–H groups in total. The fourth-order valence-corrected chi connectivity index (χ4v) is 3.37. The molecular weight excluding hydrogens is 468 g/mol. The summed E-state index contributed by atoms with van der Waals surface area (Å²) in [5, 5.41) is 4.04. The predicted molar refractivity (Wildman–Crippen MR) is 142 cm³/mol. The van der Waals surface area contributed by atoms with Crippen LogP contribution in [0.15, 0.2) is 108 Å². The summed E-state index contributed by atoms with van der Waals surface area (Å²) in [5.41, 5.74) is 5.28. The van der Waals surface area contributed by atoms with Crippen molar-refractivity contribution < 1.29 is 23.7 Å². The third-order valence-corrected chi connectivity index (χ3v) is 5.28. The van der Waals surface area contributed by atoms with Crippen molar-refractivity contribution in [2.75, 3.05) is 13.7 Å². The summed E-state index contributed by atoms with van der Waals surface area (Å²) in [6.07, 6.45) is 1.54. The van der Waals surface area contributed by atoms with Gasteiger partial charge >= 0.3 is 0 Å². The van der Waals surface area contributed by atoms with Gasteiger partial charge in [-0.1, -0.05) is 54.6 Å². The average Bonchev–Trinajstić information content (AvgIpc) is 2.95. The molecule has 4 rings (SSSR count). The van der Waals surface area contributed by atoms with E-state index in [1.165, 1.54) is 6.21 Å². The lowest BCUT2D eigenvalue weighted by Gasteiger charge is -2.10. The third kappa shape index (κ3) is 8.14. The Morgan fingerprint density at radius 1 is 0.730 bits per heavy atom. The fourth-order valence-electron chi connectivity index (χ4n) is 3.37. The van der Waals surface area contributed by atoms with Crippen LogP contribution in [-0.2, 0) is 18.0 Å². The fraction of sp³-hybridized carbons (Fsp3) is 0.133. The average molecular weight is 497 g/mol. The van der Waals surface area contributed by atoms with Crippen molar-refractivity contribution >= 4 is 12.1 Å². The van der Waals surface area contributed by atoms with Crippen LogP contribution in [0.4, 0.5) is 0 Å². The number of hydrazone groups is 1. The standard InChI is InChI=1S/C30H28N2O5/c1-34-28-12-7-10-24(18-28)21-37-29-13-6-5-11-25(29)19-31-32-30(33)22-36-27-16-14-26(15-17-27)35-20-23-8-3-2-4-9-23/h2-19H,20-22H2,1H3,(H,32,33)/b31-19+. The van der Waals surface area contributed by atoms with Crippen molar-refractivity contribution in [1.29, 1.82) is 0 Å². The van der Waals surface area contributed by atoms with E-state index in [1.54, 1.807) is 31.4 Å². The van der Waals surface area contributed by atoms with Gasteiger partial charge in [-0.05, 0) is 59.7 Å². The smallest absolute Gasteiger partial charge is 0.277 e. The topological polar surface area (TPSA) is 78.4 Å². The second-order valence-electron chi connectivity index (χ2n) is 8.01. The summed E-state index contributed by atoms with van der Waals surface area (Å²) in [6.45, 7) is 0.685. The number of methoxy groups -OCH3 is 1. The second-order valence-corrected chi connectivity index (χ2v) is 8.01. The van der Waals surface area contributed by atoms with Gasteiger partial charge in [0.05, 0.1) is 13.3 Å². The molecule has 0 atom stereocenters. The van der Waals surface area contributed by atoms with Gasteiger partial charge in [-0.2, -0.15) is 5.10 Å². The van der Waals surface area contributed by atoms with Gasteiger partial charge in [-0.15, -0.1) is 0 Å². The van der Waals surface area contributed by atoms with Gasteiger partial charge in [0.1, 0.15) is 36.2 Å². The summed E-state index contributed by atoms with van der Waals surface area (Å²) >= 11 is 0. The van der Waals surface area contributed by atoms with E-state index in [1.807, 2.05) is 78.9 Å². The van der Waals surface area contributed by atoms with Crippen LogP contribution < -0.4 is 24.4 Å². The Morgan fingerprint density at radius 2 is 1.41 bits per heavy atom. The van der Waals surface area contributed by atoms with Crippen LogP contribution in [0.3, 0.4) is 0 Å². The molecule has 188 valence electrons. The highest BCUT2D eigenvalue weighted by atomic mass is 16.5. The summed E-state index contributed by atoms with van der Waals surface area (Å²) in [4.78, 5) is 12.2. The Hall–Kier alpha value is -4.78. The van der Waals surface area contributed by atoms with Crippen molar-refractivity contribution in [2.45, 2.75) is 13.2 Å². The van der Waals surface area contributed by atoms with Crippen LogP contribution in [0.1, 0.15) is 16.7 Å². The number of nitrogens with one attached hydrogen (secondary N) is 1. The quantitative estimate of drug-likeness (QED) is 0.210. The highest BCUT2D eigenvalue weighted by molar-refractivity contribution is 5.85. The molecule has 0 radical (unpaired) electrons. The van der Waals surface area contributed by atoms with E-state index in [-0.39, 0.29) is 12.5 Å². The third-order valence-electron chi connectivity index (χ3n) is 5.28. The zero-order valence-electron chi connectivity index (χ0n) is 20.5. The molecular formula is C30H28N2O5. The Morgan fingerprint density at radius 3 is 2.19 bits per heavy atom. The number of carbonyl (C=O) groups is 1. The van der Waals surface area contributed by atoms with Crippen molar-refractivity contribution in [3.63, 3.8) is 0 Å². The SMILES string of the molecule is COc1cccc(COc2ccccc2/C=N/NC(=O)COc2ccc(OCc3ccccc3)cc2)c1. The largest absolute Gasteiger partial charge is 0.497 e. The van der Waals surface area contributed by atoms with E-state index in [9.17, 15) is 4.79 Å². The number of para-hydroxylation sites is 1. The van der Waals surface area contributed by atoms with Crippen molar-refractivity contribution in [1.82, 2.24) is 5.43 Å². The summed E-state index contributed by atoms with van der Waals surface area (Å²) in [6, 6.07) is 32.2. The molecule has 4 aromatic carbocycles. The Labute approximate surface area is 216 Å². The van der Waals surface area contributed by atoms with E-state index in [2.05, 4.69) is 10.5 Å². The molecule has 0 saturated heterocycles. The van der Waals surface area contributed by atoms with Crippen LogP contribution in [0.25, 0.3) is 0 Å². The maximum atomic E-state index is 12.2. The van der Waals surface area contributed by atoms with E-state index >= 15 is 0 Å². The van der Waals surface area contributed by atoms with E-state index in [0.717, 1.165) is 28.2 Å². The maximum Gasteiger partial charge on any atom is 0.277 e. The highest BCUT2D eigenvalue weighted by Gasteiger charge is 2.05. The number of amides is 1. The molecule has 0 aromatic heterocycles. The monoisotopic (exact) mass is 496 g/mol. The molecule has 0 unspecified atom stereocenters. The molecule has 7 heteroatoms. The first kappa shape index (κ1) is 25.3. The van der Waals surface area contributed by atoms with Crippen molar-refractivity contribution in [3.8, 4) is 23.0 Å². The van der Waals surface area contributed by atoms with E-state index < -0.39 is 0 Å². The number of benzene rings is 4. The van der Waals surface area contributed by atoms with Crippen molar-refractivity contribution in [2.24, 2.45) is 5.10 Å². The first-order valence-electron chi connectivity index (χ1n) is 11.8. The van der Waals surface area contributed by atoms with Gasteiger partial charge in [0.15, 0.2) is 6.61 Å². The lowest BCUT2D eigenvalue weighted by molar-refractivity contribution is -0.123. The van der Waals surface area contributed by atoms with Crippen LogP contribution >= 0.6 is 0 Å². The number of ether oxygens (including phenoxy) is 4. The lowest BCUT2D eigenvalue weighted by atomic mass is 10.2. The van der Waals surface area contributed by atoms with Crippen LogP contribution in [-0.4, -0.2) is 25.8 Å². The zero-order chi connectivity index (χ0) is 25.7. The van der Waals surface area contributed by atoms with Gasteiger partial charge in [-0.25, -0.2) is 5.43 Å². The molecule has 0 heterocycles. The molecule has 0 fully saturated rings. The van der Waals surface area contributed by atoms with Crippen LogP contribution in [0.5, 0.6) is 23.0 Å². The molecule has 0 aliphatic heterocycles. The van der Waals surface area contributed by atoms with Crippen LogP contribution in [0, 0.1) is 0 Å². The van der Waals surface area contributed by atoms with Gasteiger partial charge in [0.25, 0.3) is 5.91 Å². The lowest BCUT2D eigenvalue weighted by Crippen LogP contribution is -2.24. The maximum absolute atomic E-state index is 12.2. The Balaban J connectivity index is 1.22. The van der Waals surface area contributed by atoms with Gasteiger partial charge in [0.2, 0.25) is 0 Å². The minimum Gasteiger partial charge on any atom is -0.497 e. The molecule has 0 aliphatic carbocycles. The number of nitrogens with zero attached hydrogens (tertiary/aromatic N) is 1. The van der Waals surface area contributed by atoms with Crippen molar-refractivity contribution in [3.05, 3.63) is 120 Å². The minimum atomic E-state index is -0.379. The Bertz CT molecular complexity index is 1310. The first-order chi connectivity index (χ1) is 18.2. The number of hydrogen-bond acceptors (Lipinski definition) is 6. The molecule has 0 saturated carbocycles. The molecule has 7 nitrogen and oxygen atoms in total. The number of hydrogen-bond donors (Lipinski definition) is 1. The van der Waals surface area contributed by atoms with Gasteiger partial charge in [0, 0.05) is 5.56 Å². The summed E-state index contributed by atoms with van der Waals surface area (Å²) < 4.78 is 22.5. The normalized spacial score (nSPS) is 10.6. The highest BCUT2D eigenvalue weighted by Crippen LogP contribution is 2.20. The molecule has 1 amide bonds. The van der Waals surface area contributed by atoms with Crippen LogP contribution in [0.2, 0.25) is 0 Å². The zero-order valence-corrected chi connectivity index (χ0v) is 20.5. The Kier molecular flexibility index (Phi) is 9.13. The predicted octanol–water partition coefficient (Wildman–Crippen LogP) is 5.38. The first-order valence-corrected chi connectivity index (χ1v) is 11.8. The van der Waals surface area contributed by atoms with E-state index in [0.29, 0.717) is 24.7 Å². The molecule has 0 spiro atoms. The summed E-state index contributed by atoms with van der Waals surface area (Å²) in [7, 11) is 1.63. The molecule has 37 heavy (non-hydrogen) atoms. The second kappa shape index (κ2) is 13.3. The minimum absolute atomic E-state index is 0.171. The molecule has 0 aliphatic rings. The van der Waals surface area contributed by atoms with Gasteiger partial charge < -0.3 is 18.9 Å². The number of rotatable bonds is 12. The molecule has 4 aromatic rings. The summed E-state index contributed by atoms with van der Waals surface area (Å²) in [5.74, 6) is 2.32. The number of carbonyl (C=O) groups excluding carboxylic acids is 1. The van der Waals surface area contributed by atoms with E-state index in [4.69, 9.17) is 18.9 Å². The molecule has 0 bridgehead atoms.